The maximum Gasteiger partial charge on any atom is 0.339 e. The van der Waals surface area contributed by atoms with Crippen molar-refractivity contribution in [1.82, 2.24) is 0 Å². The van der Waals surface area contributed by atoms with Gasteiger partial charge in [-0.2, -0.15) is 0 Å². The van der Waals surface area contributed by atoms with E-state index in [4.69, 9.17) is 32.7 Å². The number of carbonyl (C=O) groups excluding carboxylic acids is 1. The molecule has 0 aliphatic heterocycles. The molecule has 0 spiro atoms. The van der Waals surface area contributed by atoms with E-state index in [1.54, 1.807) is 19.9 Å². The Morgan fingerprint density at radius 2 is 1.88 bits per heavy atom. The number of hydrogen-bond acceptors (Lipinski definition) is 3. The first-order chi connectivity index (χ1) is 7.47. The quantitative estimate of drug-likeness (QED) is 0.782. The summed E-state index contributed by atoms with van der Waals surface area (Å²) < 4.78 is 10.00. The van der Waals surface area contributed by atoms with Crippen LogP contribution in [0.3, 0.4) is 0 Å². The Labute approximate surface area is 104 Å². The lowest BCUT2D eigenvalue weighted by Crippen LogP contribution is -2.12. The minimum atomic E-state index is -0.496. The normalized spacial score (nSPS) is 10.4. The third kappa shape index (κ3) is 2.80. The van der Waals surface area contributed by atoms with Gasteiger partial charge in [-0.25, -0.2) is 4.79 Å². The predicted octanol–water partition coefficient (Wildman–Crippen LogP) is 3.57. The van der Waals surface area contributed by atoms with Crippen molar-refractivity contribution in [3.63, 3.8) is 0 Å². The van der Waals surface area contributed by atoms with Gasteiger partial charge < -0.3 is 9.47 Å². The van der Waals surface area contributed by atoms with Crippen LogP contribution in [0.25, 0.3) is 0 Å². The number of methoxy groups -OCH3 is 1. The van der Waals surface area contributed by atoms with Gasteiger partial charge in [0.25, 0.3) is 0 Å². The molecular weight excluding hydrogens is 251 g/mol. The highest BCUT2D eigenvalue weighted by molar-refractivity contribution is 6.44. The largest absolute Gasteiger partial charge is 0.495 e. The van der Waals surface area contributed by atoms with Gasteiger partial charge in [0.1, 0.15) is 10.8 Å². The fraction of sp³-hybridized carbons (Fsp3) is 0.364. The van der Waals surface area contributed by atoms with E-state index in [2.05, 4.69) is 0 Å². The maximum absolute atomic E-state index is 11.6. The van der Waals surface area contributed by atoms with E-state index in [0.29, 0.717) is 5.75 Å². The molecule has 0 unspecified atom stereocenters. The molecule has 0 fully saturated rings. The molecule has 88 valence electrons. The Balaban J connectivity index is 3.07. The van der Waals surface area contributed by atoms with Crippen LogP contribution in [-0.2, 0) is 4.74 Å². The average Bonchev–Trinajstić information content (AvgIpc) is 2.20. The molecule has 0 aliphatic carbocycles. The Bertz CT molecular complexity index is 402. The van der Waals surface area contributed by atoms with Crippen molar-refractivity contribution >= 4 is 29.2 Å². The number of ether oxygens (including phenoxy) is 2. The second-order valence-corrected chi connectivity index (χ2v) is 4.15. The summed E-state index contributed by atoms with van der Waals surface area (Å²) in [7, 11) is 1.48. The minimum Gasteiger partial charge on any atom is -0.495 e. The topological polar surface area (TPSA) is 35.5 Å². The van der Waals surface area contributed by atoms with Gasteiger partial charge in [-0.05, 0) is 26.0 Å². The van der Waals surface area contributed by atoms with Gasteiger partial charge in [-0.3, -0.25) is 0 Å². The van der Waals surface area contributed by atoms with Crippen LogP contribution < -0.4 is 4.74 Å². The van der Waals surface area contributed by atoms with Gasteiger partial charge in [-0.15, -0.1) is 0 Å². The molecule has 0 saturated carbocycles. The molecule has 0 bridgehead atoms. The van der Waals surface area contributed by atoms with Crippen LogP contribution in [0, 0.1) is 0 Å². The molecule has 1 aromatic rings. The van der Waals surface area contributed by atoms with Crippen molar-refractivity contribution in [3.8, 4) is 5.75 Å². The molecule has 16 heavy (non-hydrogen) atoms. The first-order valence-electron chi connectivity index (χ1n) is 4.70. The summed E-state index contributed by atoms with van der Waals surface area (Å²) in [5.74, 6) is -0.0719. The Morgan fingerprint density at radius 3 is 2.38 bits per heavy atom. The standard InChI is InChI=1S/C11H12Cl2O3/c1-6(2)16-11(14)7-4-5-8(15-3)10(13)9(7)12/h4-6H,1-3H3. The van der Waals surface area contributed by atoms with E-state index in [0.717, 1.165) is 0 Å². The van der Waals surface area contributed by atoms with E-state index in [-0.39, 0.29) is 21.7 Å². The van der Waals surface area contributed by atoms with Crippen molar-refractivity contribution in [2.24, 2.45) is 0 Å². The number of rotatable bonds is 3. The van der Waals surface area contributed by atoms with E-state index in [1.807, 2.05) is 0 Å². The molecule has 0 aromatic heterocycles. The van der Waals surface area contributed by atoms with E-state index in [1.165, 1.54) is 13.2 Å². The molecule has 0 N–H and O–H groups in total. The smallest absolute Gasteiger partial charge is 0.339 e. The fourth-order valence-electron chi connectivity index (χ4n) is 1.12. The third-order valence-electron chi connectivity index (χ3n) is 1.83. The Hall–Kier alpha value is -0.930. The summed E-state index contributed by atoms with van der Waals surface area (Å²) in [6.07, 6.45) is -0.204. The second-order valence-electron chi connectivity index (χ2n) is 3.40. The monoisotopic (exact) mass is 262 g/mol. The van der Waals surface area contributed by atoms with Crippen LogP contribution in [-0.4, -0.2) is 19.2 Å². The third-order valence-corrected chi connectivity index (χ3v) is 2.69. The van der Waals surface area contributed by atoms with Crippen molar-refractivity contribution in [2.45, 2.75) is 20.0 Å². The summed E-state index contributed by atoms with van der Waals surface area (Å²) in [4.78, 5) is 11.6. The van der Waals surface area contributed by atoms with E-state index in [9.17, 15) is 4.79 Å². The number of esters is 1. The zero-order valence-corrected chi connectivity index (χ0v) is 10.7. The van der Waals surface area contributed by atoms with Crippen LogP contribution in [0.15, 0.2) is 12.1 Å². The lowest BCUT2D eigenvalue weighted by Gasteiger charge is -2.11. The minimum absolute atomic E-state index is 0.145. The van der Waals surface area contributed by atoms with Gasteiger partial charge in [0.2, 0.25) is 0 Å². The first-order valence-corrected chi connectivity index (χ1v) is 5.46. The molecular formula is C11H12Cl2O3. The molecule has 0 saturated heterocycles. The summed E-state index contributed by atoms with van der Waals surface area (Å²) in [6.45, 7) is 3.52. The van der Waals surface area contributed by atoms with Crippen LogP contribution in [0.4, 0.5) is 0 Å². The fourth-order valence-corrected chi connectivity index (χ4v) is 1.60. The van der Waals surface area contributed by atoms with Gasteiger partial charge in [-0.1, -0.05) is 23.2 Å². The molecule has 3 nitrogen and oxygen atoms in total. The number of benzene rings is 1. The lowest BCUT2D eigenvalue weighted by molar-refractivity contribution is 0.0378. The zero-order valence-electron chi connectivity index (χ0n) is 9.21. The van der Waals surface area contributed by atoms with Crippen molar-refractivity contribution in [3.05, 3.63) is 27.7 Å². The number of hydrogen-bond donors (Lipinski definition) is 0. The maximum atomic E-state index is 11.6. The van der Waals surface area contributed by atoms with Crippen LogP contribution in [0.1, 0.15) is 24.2 Å². The SMILES string of the molecule is COc1ccc(C(=O)OC(C)C)c(Cl)c1Cl. The lowest BCUT2D eigenvalue weighted by atomic mass is 10.2. The van der Waals surface area contributed by atoms with Crippen LogP contribution in [0.2, 0.25) is 10.0 Å². The van der Waals surface area contributed by atoms with Crippen LogP contribution in [0.5, 0.6) is 5.75 Å². The highest BCUT2D eigenvalue weighted by atomic mass is 35.5. The average molecular weight is 263 g/mol. The summed E-state index contributed by atoms with van der Waals surface area (Å²) >= 11 is 11.9. The summed E-state index contributed by atoms with van der Waals surface area (Å²) in [5.41, 5.74) is 0.237. The van der Waals surface area contributed by atoms with E-state index < -0.39 is 5.97 Å². The van der Waals surface area contributed by atoms with Gasteiger partial charge in [0, 0.05) is 0 Å². The van der Waals surface area contributed by atoms with Crippen molar-refractivity contribution in [2.75, 3.05) is 7.11 Å². The first kappa shape index (κ1) is 13.1. The molecule has 0 radical (unpaired) electrons. The molecule has 5 heteroatoms. The molecule has 0 amide bonds. The summed E-state index contributed by atoms with van der Waals surface area (Å²) in [5, 5.41) is 0.356. The van der Waals surface area contributed by atoms with Gasteiger partial charge >= 0.3 is 5.97 Å². The summed E-state index contributed by atoms with van der Waals surface area (Å²) in [6, 6.07) is 3.10. The second kappa shape index (κ2) is 5.41. The number of carbonyl (C=O) groups is 1. The van der Waals surface area contributed by atoms with Crippen LogP contribution >= 0.6 is 23.2 Å². The van der Waals surface area contributed by atoms with Crippen molar-refractivity contribution < 1.29 is 14.3 Å². The predicted molar refractivity (Wildman–Crippen MR) is 63.6 cm³/mol. The molecule has 0 atom stereocenters. The number of halogens is 2. The molecule has 1 aromatic carbocycles. The van der Waals surface area contributed by atoms with Crippen molar-refractivity contribution in [1.29, 1.82) is 0 Å². The van der Waals surface area contributed by atoms with E-state index >= 15 is 0 Å². The Morgan fingerprint density at radius 1 is 1.25 bits per heavy atom. The zero-order chi connectivity index (χ0) is 12.3. The molecule has 0 aliphatic rings. The van der Waals surface area contributed by atoms with Gasteiger partial charge in [0.05, 0.1) is 23.8 Å². The van der Waals surface area contributed by atoms with Gasteiger partial charge in [0.15, 0.2) is 0 Å². The molecule has 1 rings (SSSR count). The highest BCUT2D eigenvalue weighted by Crippen LogP contribution is 2.34. The molecule has 0 heterocycles. The Kier molecular flexibility index (Phi) is 4.44. The highest BCUT2D eigenvalue weighted by Gasteiger charge is 2.18.